The van der Waals surface area contributed by atoms with Crippen LogP contribution in [0.4, 0.5) is 4.79 Å². The van der Waals surface area contributed by atoms with Crippen molar-refractivity contribution >= 4 is 12.0 Å². The van der Waals surface area contributed by atoms with Gasteiger partial charge in [-0.25, -0.2) is 4.79 Å². The van der Waals surface area contributed by atoms with Gasteiger partial charge in [0.15, 0.2) is 0 Å². The van der Waals surface area contributed by atoms with Crippen molar-refractivity contribution in [3.8, 4) is 5.75 Å². The number of hydrogen-bond donors (Lipinski definition) is 1. The molecule has 0 spiro atoms. The third-order valence-corrected chi connectivity index (χ3v) is 2.70. The maximum Gasteiger partial charge on any atom is 0.409 e. The minimum atomic E-state index is -0.919. The molecule has 2 N–H and O–H groups in total. The second-order valence-electron chi connectivity index (χ2n) is 3.85. The Morgan fingerprint density at radius 3 is 2.39 bits per heavy atom. The fourth-order valence-electron chi connectivity index (χ4n) is 1.74. The molecule has 1 rings (SSSR count). The van der Waals surface area contributed by atoms with Crippen LogP contribution in [0.15, 0.2) is 18.2 Å². The van der Waals surface area contributed by atoms with Crippen molar-refractivity contribution in [2.45, 2.75) is 20.8 Å². The number of aryl methyl sites for hydroxylation is 1. The summed E-state index contributed by atoms with van der Waals surface area (Å²) in [6.07, 6.45) is -0.919. The van der Waals surface area contributed by atoms with Crippen LogP contribution in [0.25, 0.3) is 0 Å². The summed E-state index contributed by atoms with van der Waals surface area (Å²) in [5.74, 6) is 0.0712. The molecule has 0 aliphatic rings. The predicted molar refractivity (Wildman–Crippen MR) is 68.6 cm³/mol. The summed E-state index contributed by atoms with van der Waals surface area (Å²) in [4.78, 5) is 24.8. The van der Waals surface area contributed by atoms with Crippen molar-refractivity contribution in [3.63, 3.8) is 0 Å². The minimum Gasteiger partial charge on any atom is -0.409 e. The summed E-state index contributed by atoms with van der Waals surface area (Å²) in [6, 6.07) is 5.14. The van der Waals surface area contributed by atoms with E-state index < -0.39 is 6.09 Å². The van der Waals surface area contributed by atoms with Gasteiger partial charge in [-0.05, 0) is 32.4 Å². The summed E-state index contributed by atoms with van der Waals surface area (Å²) in [5, 5.41) is 0. The van der Waals surface area contributed by atoms with E-state index in [-0.39, 0.29) is 11.7 Å². The topological polar surface area (TPSA) is 72.6 Å². The number of carbonyl (C=O) groups excluding carboxylic acids is 2. The lowest BCUT2D eigenvalue weighted by atomic mass is 10.1. The zero-order valence-corrected chi connectivity index (χ0v) is 10.9. The number of hydrogen-bond acceptors (Lipinski definition) is 3. The van der Waals surface area contributed by atoms with Crippen molar-refractivity contribution in [3.05, 3.63) is 29.3 Å². The first kappa shape index (κ1) is 14.0. The van der Waals surface area contributed by atoms with Crippen molar-refractivity contribution in [1.82, 2.24) is 4.90 Å². The number of amides is 2. The molecule has 0 saturated carbocycles. The van der Waals surface area contributed by atoms with Crippen LogP contribution < -0.4 is 10.5 Å². The molecule has 1 aromatic rings. The van der Waals surface area contributed by atoms with Crippen molar-refractivity contribution in [2.75, 3.05) is 13.1 Å². The van der Waals surface area contributed by atoms with Gasteiger partial charge < -0.3 is 15.4 Å². The Balaban J connectivity index is 3.18. The molecule has 0 unspecified atom stereocenters. The summed E-state index contributed by atoms with van der Waals surface area (Å²) < 4.78 is 4.93. The van der Waals surface area contributed by atoms with E-state index in [4.69, 9.17) is 10.5 Å². The molecule has 98 valence electrons. The van der Waals surface area contributed by atoms with Gasteiger partial charge in [-0.3, -0.25) is 4.79 Å². The second-order valence-corrected chi connectivity index (χ2v) is 3.85. The first-order chi connectivity index (χ1) is 8.51. The Morgan fingerprint density at radius 2 is 1.89 bits per heavy atom. The molecule has 0 aliphatic heterocycles. The van der Waals surface area contributed by atoms with Gasteiger partial charge in [0.1, 0.15) is 5.75 Å². The molecule has 1 aromatic carbocycles. The number of benzene rings is 1. The van der Waals surface area contributed by atoms with Gasteiger partial charge in [0, 0.05) is 13.1 Å². The van der Waals surface area contributed by atoms with Crippen molar-refractivity contribution in [2.24, 2.45) is 5.73 Å². The van der Waals surface area contributed by atoms with E-state index >= 15 is 0 Å². The lowest BCUT2D eigenvalue weighted by Crippen LogP contribution is -2.31. The Bertz CT molecular complexity index is 454. The van der Waals surface area contributed by atoms with Gasteiger partial charge in [-0.2, -0.15) is 0 Å². The van der Waals surface area contributed by atoms with Crippen LogP contribution in [-0.2, 0) is 0 Å². The zero-order chi connectivity index (χ0) is 13.7. The van der Waals surface area contributed by atoms with E-state index in [1.807, 2.05) is 13.8 Å². The van der Waals surface area contributed by atoms with Gasteiger partial charge in [-0.1, -0.05) is 12.1 Å². The highest BCUT2D eigenvalue weighted by Gasteiger charge is 2.19. The van der Waals surface area contributed by atoms with Gasteiger partial charge in [0.25, 0.3) is 5.91 Å². The number of para-hydroxylation sites is 1. The molecule has 0 heterocycles. The van der Waals surface area contributed by atoms with E-state index in [9.17, 15) is 9.59 Å². The Hall–Kier alpha value is -2.04. The van der Waals surface area contributed by atoms with Gasteiger partial charge in [0.05, 0.1) is 5.56 Å². The quantitative estimate of drug-likeness (QED) is 0.887. The van der Waals surface area contributed by atoms with Crippen LogP contribution >= 0.6 is 0 Å². The molecule has 0 atom stereocenters. The van der Waals surface area contributed by atoms with E-state index in [2.05, 4.69) is 0 Å². The van der Waals surface area contributed by atoms with E-state index in [0.717, 1.165) is 0 Å². The Kier molecular flexibility index (Phi) is 4.71. The maximum absolute atomic E-state index is 12.3. The predicted octanol–water partition coefficient (Wildman–Crippen LogP) is 1.93. The number of ether oxygens (including phenoxy) is 1. The second kappa shape index (κ2) is 6.05. The minimum absolute atomic E-state index is 0.167. The molecule has 2 amide bonds. The van der Waals surface area contributed by atoms with E-state index in [1.54, 1.807) is 30.0 Å². The van der Waals surface area contributed by atoms with E-state index in [0.29, 0.717) is 24.2 Å². The molecule has 18 heavy (non-hydrogen) atoms. The summed E-state index contributed by atoms with van der Waals surface area (Å²) in [6.45, 7) is 6.74. The number of nitrogens with two attached hydrogens (primary N) is 1. The molecule has 5 heteroatoms. The van der Waals surface area contributed by atoms with Crippen LogP contribution in [0.5, 0.6) is 5.75 Å². The molecule has 5 nitrogen and oxygen atoms in total. The van der Waals surface area contributed by atoms with E-state index in [1.165, 1.54) is 0 Å². The van der Waals surface area contributed by atoms with Crippen LogP contribution in [0.1, 0.15) is 29.8 Å². The van der Waals surface area contributed by atoms with Crippen molar-refractivity contribution in [1.29, 1.82) is 0 Å². The summed E-state index contributed by atoms with van der Waals surface area (Å²) in [7, 11) is 0. The molecular formula is C13H18N2O3. The molecular weight excluding hydrogens is 232 g/mol. The van der Waals surface area contributed by atoms with Crippen LogP contribution in [-0.4, -0.2) is 30.0 Å². The first-order valence-corrected chi connectivity index (χ1v) is 5.87. The molecule has 0 fully saturated rings. The SMILES string of the molecule is CCN(CC)C(=O)c1cccc(C)c1OC(N)=O. The Morgan fingerprint density at radius 1 is 1.28 bits per heavy atom. The molecule has 0 bridgehead atoms. The van der Waals surface area contributed by atoms with Crippen LogP contribution in [0.3, 0.4) is 0 Å². The summed E-state index contributed by atoms with van der Waals surface area (Å²) >= 11 is 0. The standard InChI is InChI=1S/C13H18N2O3/c1-4-15(5-2)12(16)10-8-6-7-9(3)11(10)18-13(14)17/h6-8H,4-5H2,1-3H3,(H2,14,17). The van der Waals surface area contributed by atoms with Gasteiger partial charge >= 0.3 is 6.09 Å². The smallest absolute Gasteiger partial charge is 0.409 e. The van der Waals surface area contributed by atoms with Gasteiger partial charge in [0.2, 0.25) is 0 Å². The normalized spacial score (nSPS) is 9.94. The zero-order valence-electron chi connectivity index (χ0n) is 10.9. The molecule has 0 aliphatic carbocycles. The summed E-state index contributed by atoms with van der Waals surface area (Å²) in [5.41, 5.74) is 6.08. The first-order valence-electron chi connectivity index (χ1n) is 5.87. The van der Waals surface area contributed by atoms with Crippen molar-refractivity contribution < 1.29 is 14.3 Å². The monoisotopic (exact) mass is 250 g/mol. The van der Waals surface area contributed by atoms with Gasteiger partial charge in [-0.15, -0.1) is 0 Å². The average molecular weight is 250 g/mol. The molecule has 0 saturated heterocycles. The Labute approximate surface area is 107 Å². The number of carbonyl (C=O) groups is 2. The molecule has 0 radical (unpaired) electrons. The lowest BCUT2D eigenvalue weighted by Gasteiger charge is -2.20. The third kappa shape index (κ3) is 3.00. The fourth-order valence-corrected chi connectivity index (χ4v) is 1.74. The number of nitrogens with zero attached hydrogens (tertiary/aromatic N) is 1. The highest BCUT2D eigenvalue weighted by atomic mass is 16.5. The highest BCUT2D eigenvalue weighted by Crippen LogP contribution is 2.24. The lowest BCUT2D eigenvalue weighted by molar-refractivity contribution is 0.0770. The maximum atomic E-state index is 12.3. The fraction of sp³-hybridized carbons (Fsp3) is 0.385. The molecule has 0 aromatic heterocycles. The third-order valence-electron chi connectivity index (χ3n) is 2.70. The number of primary amides is 1. The van der Waals surface area contributed by atoms with Crippen LogP contribution in [0, 0.1) is 6.92 Å². The van der Waals surface area contributed by atoms with Crippen LogP contribution in [0.2, 0.25) is 0 Å². The largest absolute Gasteiger partial charge is 0.409 e. The average Bonchev–Trinajstić information content (AvgIpc) is 2.32. The highest BCUT2D eigenvalue weighted by molar-refractivity contribution is 5.98. The number of rotatable bonds is 4.